The number of piperidine rings is 1. The van der Waals surface area contributed by atoms with Gasteiger partial charge in [-0.1, -0.05) is 19.1 Å². The summed E-state index contributed by atoms with van der Waals surface area (Å²) >= 11 is 0. The number of nitrogens with one attached hydrogen (secondary N) is 1. The average molecular weight is 388 g/mol. The Morgan fingerprint density at radius 2 is 1.79 bits per heavy atom. The van der Waals surface area contributed by atoms with Gasteiger partial charge in [0.05, 0.1) is 12.2 Å². The molecule has 1 aromatic rings. The van der Waals surface area contributed by atoms with Crippen molar-refractivity contribution in [2.45, 2.75) is 58.8 Å². The maximum Gasteiger partial charge on any atom is 0.251 e. The van der Waals surface area contributed by atoms with Crippen molar-refractivity contribution in [3.05, 3.63) is 35.4 Å². The Morgan fingerprint density at radius 1 is 1.07 bits per heavy atom. The quantitative estimate of drug-likeness (QED) is 0.730. The molecule has 3 atom stereocenters. The predicted octanol–water partition coefficient (Wildman–Crippen LogP) is 3.15. The molecule has 1 N–H and O–H groups in total. The summed E-state index contributed by atoms with van der Waals surface area (Å²) in [6, 6.07) is 8.05. The Balaban J connectivity index is 1.38. The van der Waals surface area contributed by atoms with Gasteiger partial charge in [0.2, 0.25) is 0 Å². The van der Waals surface area contributed by atoms with E-state index in [0.717, 1.165) is 50.6 Å². The first-order valence-corrected chi connectivity index (χ1v) is 11.0. The predicted molar refractivity (Wildman–Crippen MR) is 114 cm³/mol. The first-order valence-electron chi connectivity index (χ1n) is 11.0. The molecule has 2 saturated heterocycles. The summed E-state index contributed by atoms with van der Waals surface area (Å²) in [5, 5.41) is 3.07. The number of hydrogen-bond donors (Lipinski definition) is 1. The van der Waals surface area contributed by atoms with Crippen molar-refractivity contribution < 1.29 is 9.53 Å². The van der Waals surface area contributed by atoms with E-state index in [1.54, 1.807) is 0 Å². The molecule has 0 saturated carbocycles. The largest absolute Gasteiger partial charge is 0.373 e. The van der Waals surface area contributed by atoms with E-state index in [-0.39, 0.29) is 18.1 Å². The van der Waals surface area contributed by atoms with Gasteiger partial charge in [0.1, 0.15) is 0 Å². The molecule has 5 nitrogen and oxygen atoms in total. The summed E-state index contributed by atoms with van der Waals surface area (Å²) in [5.41, 5.74) is 2.00. The van der Waals surface area contributed by atoms with E-state index in [1.165, 1.54) is 31.5 Å². The SMILES string of the molecule is CC1CCCN(CCCNC(=O)c2ccc(CN3CC(C)OC(C)C3)cc2)C1. The second-order valence-electron chi connectivity index (χ2n) is 8.81. The van der Waals surface area contributed by atoms with Crippen LogP contribution in [0, 0.1) is 5.92 Å². The second kappa shape index (κ2) is 10.4. The van der Waals surface area contributed by atoms with Gasteiger partial charge in [0.15, 0.2) is 0 Å². The fourth-order valence-electron chi connectivity index (χ4n) is 4.53. The molecule has 5 heteroatoms. The van der Waals surface area contributed by atoms with Crippen molar-refractivity contribution in [1.82, 2.24) is 15.1 Å². The number of ether oxygens (including phenoxy) is 1. The molecule has 156 valence electrons. The van der Waals surface area contributed by atoms with Crippen molar-refractivity contribution in [3.63, 3.8) is 0 Å². The average Bonchev–Trinajstić information content (AvgIpc) is 2.65. The number of carbonyl (C=O) groups is 1. The monoisotopic (exact) mass is 387 g/mol. The highest BCUT2D eigenvalue weighted by atomic mass is 16.5. The Kier molecular flexibility index (Phi) is 7.89. The number of hydrogen-bond acceptors (Lipinski definition) is 4. The minimum Gasteiger partial charge on any atom is -0.373 e. The van der Waals surface area contributed by atoms with Crippen molar-refractivity contribution in [1.29, 1.82) is 0 Å². The lowest BCUT2D eigenvalue weighted by atomic mass is 10.0. The molecule has 3 rings (SSSR count). The lowest BCUT2D eigenvalue weighted by Crippen LogP contribution is -2.44. The van der Waals surface area contributed by atoms with E-state index >= 15 is 0 Å². The highest BCUT2D eigenvalue weighted by Crippen LogP contribution is 2.16. The molecule has 2 aliphatic heterocycles. The third kappa shape index (κ3) is 6.57. The van der Waals surface area contributed by atoms with Crippen LogP contribution in [0.4, 0.5) is 0 Å². The number of rotatable bonds is 7. The van der Waals surface area contributed by atoms with Gasteiger partial charge < -0.3 is 15.0 Å². The second-order valence-corrected chi connectivity index (χ2v) is 8.81. The topological polar surface area (TPSA) is 44.8 Å². The molecule has 2 aliphatic rings. The molecular formula is C23H37N3O2. The number of amides is 1. The molecular weight excluding hydrogens is 350 g/mol. The lowest BCUT2D eigenvalue weighted by molar-refractivity contribution is -0.0704. The maximum atomic E-state index is 12.4. The van der Waals surface area contributed by atoms with Gasteiger partial charge >= 0.3 is 0 Å². The van der Waals surface area contributed by atoms with Crippen LogP contribution in [0.15, 0.2) is 24.3 Å². The van der Waals surface area contributed by atoms with Crippen molar-refractivity contribution in [2.75, 3.05) is 39.3 Å². The van der Waals surface area contributed by atoms with Gasteiger partial charge in [-0.05, 0) is 69.8 Å². The minimum atomic E-state index is 0.0344. The smallest absolute Gasteiger partial charge is 0.251 e. The van der Waals surface area contributed by atoms with Gasteiger partial charge in [0, 0.05) is 38.3 Å². The minimum absolute atomic E-state index is 0.0344. The zero-order chi connectivity index (χ0) is 19.9. The van der Waals surface area contributed by atoms with Crippen LogP contribution in [-0.2, 0) is 11.3 Å². The fraction of sp³-hybridized carbons (Fsp3) is 0.696. The van der Waals surface area contributed by atoms with E-state index < -0.39 is 0 Å². The number of morpholine rings is 1. The van der Waals surface area contributed by atoms with E-state index in [0.29, 0.717) is 0 Å². The van der Waals surface area contributed by atoms with Crippen LogP contribution in [0.3, 0.4) is 0 Å². The summed E-state index contributed by atoms with van der Waals surface area (Å²) in [4.78, 5) is 17.3. The summed E-state index contributed by atoms with van der Waals surface area (Å²) in [6.45, 7) is 13.7. The maximum absolute atomic E-state index is 12.4. The highest BCUT2D eigenvalue weighted by molar-refractivity contribution is 5.94. The molecule has 0 aliphatic carbocycles. The van der Waals surface area contributed by atoms with Crippen LogP contribution in [-0.4, -0.2) is 67.2 Å². The van der Waals surface area contributed by atoms with Crippen LogP contribution in [0.2, 0.25) is 0 Å². The van der Waals surface area contributed by atoms with Gasteiger partial charge in [-0.3, -0.25) is 9.69 Å². The Labute approximate surface area is 170 Å². The van der Waals surface area contributed by atoms with Crippen LogP contribution in [0.25, 0.3) is 0 Å². The summed E-state index contributed by atoms with van der Waals surface area (Å²) in [7, 11) is 0. The Bertz CT molecular complexity index is 609. The molecule has 0 bridgehead atoms. The van der Waals surface area contributed by atoms with Crippen LogP contribution in [0.5, 0.6) is 0 Å². The first-order chi connectivity index (χ1) is 13.5. The van der Waals surface area contributed by atoms with Gasteiger partial charge in [-0.15, -0.1) is 0 Å². The molecule has 2 heterocycles. The van der Waals surface area contributed by atoms with Crippen LogP contribution in [0.1, 0.15) is 56.0 Å². The van der Waals surface area contributed by atoms with Crippen molar-refractivity contribution >= 4 is 5.91 Å². The Hall–Kier alpha value is -1.43. The van der Waals surface area contributed by atoms with E-state index in [1.807, 2.05) is 12.1 Å². The van der Waals surface area contributed by atoms with E-state index in [2.05, 4.69) is 48.0 Å². The molecule has 1 amide bonds. The number of likely N-dealkylation sites (tertiary alicyclic amines) is 1. The normalized spacial score (nSPS) is 26.9. The van der Waals surface area contributed by atoms with E-state index in [4.69, 9.17) is 4.74 Å². The third-order valence-electron chi connectivity index (χ3n) is 5.80. The lowest BCUT2D eigenvalue weighted by Gasteiger charge is -2.35. The van der Waals surface area contributed by atoms with Gasteiger partial charge in [0.25, 0.3) is 5.91 Å². The third-order valence-corrected chi connectivity index (χ3v) is 5.80. The molecule has 28 heavy (non-hydrogen) atoms. The molecule has 0 aromatic heterocycles. The number of carbonyl (C=O) groups excluding carboxylic acids is 1. The van der Waals surface area contributed by atoms with E-state index in [9.17, 15) is 4.79 Å². The summed E-state index contributed by atoms with van der Waals surface area (Å²) < 4.78 is 5.80. The Morgan fingerprint density at radius 3 is 2.46 bits per heavy atom. The van der Waals surface area contributed by atoms with Crippen molar-refractivity contribution in [3.8, 4) is 0 Å². The van der Waals surface area contributed by atoms with Crippen LogP contribution >= 0.6 is 0 Å². The molecule has 0 radical (unpaired) electrons. The molecule has 2 fully saturated rings. The zero-order valence-corrected chi connectivity index (χ0v) is 17.8. The molecule has 0 spiro atoms. The first kappa shape index (κ1) is 21.3. The summed E-state index contributed by atoms with van der Waals surface area (Å²) in [5.74, 6) is 0.845. The standard InChI is InChI=1S/C23H37N3O2/c1-18-6-4-12-25(14-18)13-5-11-24-23(27)22-9-7-21(8-10-22)17-26-15-19(2)28-20(3)16-26/h7-10,18-20H,4-6,11-17H2,1-3H3,(H,24,27). The number of benzene rings is 1. The summed E-state index contributed by atoms with van der Waals surface area (Å²) in [6.07, 6.45) is 4.24. The molecule has 1 aromatic carbocycles. The van der Waals surface area contributed by atoms with Gasteiger partial charge in [-0.25, -0.2) is 0 Å². The van der Waals surface area contributed by atoms with Crippen molar-refractivity contribution in [2.24, 2.45) is 5.92 Å². The highest BCUT2D eigenvalue weighted by Gasteiger charge is 2.22. The zero-order valence-electron chi connectivity index (χ0n) is 17.8. The number of nitrogens with zero attached hydrogens (tertiary/aromatic N) is 2. The van der Waals surface area contributed by atoms with Gasteiger partial charge in [-0.2, -0.15) is 0 Å². The molecule has 3 unspecified atom stereocenters. The van der Waals surface area contributed by atoms with Crippen LogP contribution < -0.4 is 5.32 Å². The fourth-order valence-corrected chi connectivity index (χ4v) is 4.53.